The normalized spacial score (nSPS) is 16.2. The number of thioether (sulfide) groups is 1. The molecule has 3 amide bonds. The highest BCUT2D eigenvalue weighted by Gasteiger charge is 2.65. The van der Waals surface area contributed by atoms with E-state index in [0.717, 1.165) is 34.9 Å². The molecule has 19 heteroatoms. The van der Waals surface area contributed by atoms with Crippen molar-refractivity contribution in [3.8, 4) is 16.9 Å². The number of benzene rings is 3. The van der Waals surface area contributed by atoms with Crippen LogP contribution in [-0.2, 0) is 16.1 Å². The molecule has 0 saturated carbocycles. The summed E-state index contributed by atoms with van der Waals surface area (Å²) in [5.41, 5.74) is 1.19. The van der Waals surface area contributed by atoms with Crippen LogP contribution in [0.4, 0.5) is 53.2 Å². The summed E-state index contributed by atoms with van der Waals surface area (Å²) in [7, 11) is -9.85. The number of aliphatic imine (C=N–C) groups is 1. The molecule has 8 nitrogen and oxygen atoms in total. The minimum absolute atomic E-state index is 0.0757. The molecule has 3 aromatic carbocycles. The molecule has 1 N–H and O–H groups in total. The Balaban J connectivity index is 1.31. The van der Waals surface area contributed by atoms with E-state index >= 15 is 4.39 Å². The van der Waals surface area contributed by atoms with Gasteiger partial charge in [-0.05, 0) is 55.0 Å². The van der Waals surface area contributed by atoms with Gasteiger partial charge in [-0.1, -0.05) is 49.4 Å². The predicted octanol–water partition coefficient (Wildman–Crippen LogP) is 9.39. The van der Waals surface area contributed by atoms with E-state index < -0.39 is 52.3 Å². The number of rotatable bonds is 8. The van der Waals surface area contributed by atoms with Crippen molar-refractivity contribution in [3.63, 3.8) is 0 Å². The first-order valence-electron chi connectivity index (χ1n) is 13.4. The van der Waals surface area contributed by atoms with Gasteiger partial charge in [0, 0.05) is 23.0 Å². The highest BCUT2D eigenvalue weighted by molar-refractivity contribution is 8.45. The Hall–Kier alpha value is -4.49. The molecule has 1 saturated heterocycles. The number of alkyl halides is 3. The summed E-state index contributed by atoms with van der Waals surface area (Å²) in [5, 5.41) is 2.16. The summed E-state index contributed by atoms with van der Waals surface area (Å²) in [6, 6.07) is 9.30. The van der Waals surface area contributed by atoms with Crippen LogP contribution in [0.2, 0.25) is 0 Å². The van der Waals surface area contributed by atoms with E-state index in [-0.39, 0.29) is 56.9 Å². The maximum atomic E-state index is 15.0. The second-order valence-corrected chi connectivity index (χ2v) is 13.8. The van der Waals surface area contributed by atoms with Crippen LogP contribution in [0.3, 0.4) is 0 Å². The number of carbonyl (C=O) groups excluding carboxylic acids is 2. The fourth-order valence-electron chi connectivity index (χ4n) is 4.46. The number of urea groups is 1. The third kappa shape index (κ3) is 8.32. The monoisotopic (exact) mass is 723 g/mol. The third-order valence-electron chi connectivity index (χ3n) is 6.64. The van der Waals surface area contributed by atoms with Gasteiger partial charge < -0.3 is 14.6 Å². The van der Waals surface area contributed by atoms with E-state index in [1.807, 2.05) is 0 Å². The quantitative estimate of drug-likeness (QED) is 0.183. The molecule has 256 valence electrons. The summed E-state index contributed by atoms with van der Waals surface area (Å²) in [5.74, 6) is -1.55. The van der Waals surface area contributed by atoms with Crippen molar-refractivity contribution in [1.29, 1.82) is 0 Å². The number of hydrogen-bond acceptors (Lipinski definition) is 5. The van der Waals surface area contributed by atoms with Crippen LogP contribution in [-0.4, -0.2) is 45.2 Å². The Morgan fingerprint density at radius 1 is 1.04 bits per heavy atom. The molecule has 0 atom stereocenters. The highest BCUT2D eigenvalue weighted by Crippen LogP contribution is 3.02. The summed E-state index contributed by atoms with van der Waals surface area (Å²) in [4.78, 5) is 32.5. The Bertz CT molecular complexity index is 1930. The lowest BCUT2D eigenvalue weighted by molar-refractivity contribution is -0.176. The van der Waals surface area contributed by atoms with Crippen LogP contribution < -0.4 is 10.2 Å². The van der Waals surface area contributed by atoms with E-state index in [4.69, 9.17) is 4.74 Å². The fourth-order valence-corrected chi connectivity index (χ4v) is 5.97. The number of aromatic nitrogens is 2. The number of halogens is 9. The molecule has 1 aliphatic heterocycles. The first-order chi connectivity index (χ1) is 22.2. The summed E-state index contributed by atoms with van der Waals surface area (Å²) in [6.07, 6.45) is -2.06. The first kappa shape index (κ1) is 34.8. The van der Waals surface area contributed by atoms with Crippen LogP contribution in [0.5, 0.6) is 0 Å². The van der Waals surface area contributed by atoms with Crippen molar-refractivity contribution < 1.29 is 51.3 Å². The molecular weight excluding hydrogens is 701 g/mol. The van der Waals surface area contributed by atoms with Gasteiger partial charge in [0.05, 0.1) is 35.8 Å². The molecule has 0 bridgehead atoms. The van der Waals surface area contributed by atoms with Gasteiger partial charge in [0.25, 0.3) is 0 Å². The van der Waals surface area contributed by atoms with Crippen LogP contribution in [0.15, 0.2) is 83.1 Å². The smallest absolute Gasteiger partial charge is 0.367 e. The van der Waals surface area contributed by atoms with Crippen molar-refractivity contribution in [1.82, 2.24) is 9.55 Å². The van der Waals surface area contributed by atoms with Gasteiger partial charge >= 0.3 is 22.4 Å². The van der Waals surface area contributed by atoms with Crippen molar-refractivity contribution in [3.05, 3.63) is 90.1 Å². The van der Waals surface area contributed by atoms with E-state index in [0.29, 0.717) is 5.56 Å². The Labute approximate surface area is 270 Å². The Morgan fingerprint density at radius 3 is 2.40 bits per heavy atom. The number of hydrogen-bond donors (Lipinski definition) is 1. The summed E-state index contributed by atoms with van der Waals surface area (Å²) in [6.45, 7) is -0.303. The number of imidazole rings is 1. The molecular formula is C29H22F9N5O3S2. The van der Waals surface area contributed by atoms with Crippen molar-refractivity contribution in [2.24, 2.45) is 4.99 Å². The number of anilines is 2. The Morgan fingerprint density at radius 2 is 1.75 bits per heavy atom. The molecule has 1 aromatic heterocycles. The van der Waals surface area contributed by atoms with Crippen molar-refractivity contribution in [2.75, 3.05) is 22.6 Å². The predicted molar refractivity (Wildman–Crippen MR) is 164 cm³/mol. The zero-order valence-electron chi connectivity index (χ0n) is 24.3. The molecule has 48 heavy (non-hydrogen) atoms. The fraction of sp³-hybridized carbons (Fsp3) is 0.172. The van der Waals surface area contributed by atoms with Crippen molar-refractivity contribution in [2.45, 2.75) is 24.6 Å². The number of aryl methyl sites for hydroxylation is 1. The minimum atomic E-state index is -9.85. The molecule has 5 rings (SSSR count). The number of nitrogens with zero attached hydrogens (tertiary/aromatic N) is 4. The van der Waals surface area contributed by atoms with Gasteiger partial charge in [0.2, 0.25) is 5.91 Å². The van der Waals surface area contributed by atoms with Crippen molar-refractivity contribution >= 4 is 50.5 Å². The van der Waals surface area contributed by atoms with E-state index in [9.17, 15) is 42.2 Å². The molecule has 1 aliphatic rings. The molecule has 0 radical (unpaired) electrons. The maximum Gasteiger partial charge on any atom is 0.411 e. The summed E-state index contributed by atoms with van der Waals surface area (Å²) < 4.78 is 124. The number of amidine groups is 1. The van der Waals surface area contributed by atoms with Gasteiger partial charge in [-0.2, -0.15) is 18.2 Å². The molecule has 4 aromatic rings. The average molecular weight is 724 g/mol. The van der Waals surface area contributed by atoms with Gasteiger partial charge in [-0.25, -0.2) is 14.2 Å². The van der Waals surface area contributed by atoms with Gasteiger partial charge in [-0.15, -0.1) is 0 Å². The standard InChI is InChI=1S/C29H22F9N5O3S2/c1-17-2-3-19(13-46-15-29(31,32)33)25(10-17)43-26(44)14-47-28(43)41-27(45)40-23-9-4-18(11-22(23)30)24-12-42(16-39-24)20-5-7-21(8-6-20)48(34,35,36,37)38/h2-12,16H,13-15H2,1H3,(H,40,45). The van der Waals surface area contributed by atoms with Crippen LogP contribution in [0.25, 0.3) is 16.9 Å². The lowest BCUT2D eigenvalue weighted by Crippen LogP contribution is -2.31. The van der Waals surface area contributed by atoms with Gasteiger partial charge in [0.1, 0.15) is 17.3 Å². The minimum Gasteiger partial charge on any atom is -0.367 e. The Kier molecular flexibility index (Phi) is 8.62. The number of nitrogens with one attached hydrogen (secondary N) is 1. The van der Waals surface area contributed by atoms with E-state index in [2.05, 4.69) is 15.3 Å². The van der Waals surface area contributed by atoms with E-state index in [1.165, 1.54) is 41.4 Å². The SMILES string of the molecule is Cc1ccc(COCC(F)(F)F)c(N2C(=O)CSC2=NC(=O)Nc2ccc(-c3cn(-c4ccc(S(F)(F)(F)(F)F)cc4)cn3)cc2F)c1. The number of amides is 3. The zero-order chi connectivity index (χ0) is 35.1. The topological polar surface area (TPSA) is 88.8 Å². The third-order valence-corrected chi connectivity index (χ3v) is 8.72. The number of carbonyl (C=O) groups is 2. The maximum absolute atomic E-state index is 15.0. The lowest BCUT2D eigenvalue weighted by atomic mass is 10.1. The van der Waals surface area contributed by atoms with Crippen LogP contribution in [0, 0.1) is 12.7 Å². The highest BCUT2D eigenvalue weighted by atomic mass is 32.5. The van der Waals surface area contributed by atoms with Crippen LogP contribution >= 0.6 is 22.0 Å². The second kappa shape index (κ2) is 11.9. The molecule has 1 fully saturated rings. The number of ether oxygens (including phenoxy) is 1. The molecule has 2 heterocycles. The lowest BCUT2D eigenvalue weighted by Gasteiger charge is -2.40. The molecule has 0 spiro atoms. The first-order valence-corrected chi connectivity index (χ1v) is 16.4. The van der Waals surface area contributed by atoms with E-state index in [1.54, 1.807) is 13.0 Å². The van der Waals surface area contributed by atoms with Gasteiger partial charge in [0.15, 0.2) is 5.17 Å². The van der Waals surface area contributed by atoms with Gasteiger partial charge in [-0.3, -0.25) is 9.69 Å². The zero-order valence-corrected chi connectivity index (χ0v) is 25.9. The molecule has 0 unspecified atom stereocenters. The average Bonchev–Trinajstić information content (AvgIpc) is 3.60. The van der Waals surface area contributed by atoms with Crippen LogP contribution in [0.1, 0.15) is 11.1 Å². The molecule has 0 aliphatic carbocycles. The second-order valence-electron chi connectivity index (χ2n) is 10.4. The largest absolute Gasteiger partial charge is 0.411 e. The summed E-state index contributed by atoms with van der Waals surface area (Å²) >= 11 is 0.890.